The number of carbonyl (C=O) groups excluding carboxylic acids is 1. The van der Waals surface area contributed by atoms with Crippen LogP contribution >= 0.6 is 0 Å². The molecule has 0 N–H and O–H groups in total. The Labute approximate surface area is 146 Å². The maximum Gasteiger partial charge on any atom is 0.534 e. The summed E-state index contributed by atoms with van der Waals surface area (Å²) < 4.78 is 81.5. The van der Waals surface area contributed by atoms with Crippen LogP contribution in [0.4, 0.5) is 17.6 Å². The summed E-state index contributed by atoms with van der Waals surface area (Å²) >= 11 is 0. The summed E-state index contributed by atoms with van der Waals surface area (Å²) in [6, 6.07) is 8.20. The van der Waals surface area contributed by atoms with Gasteiger partial charge in [0.25, 0.3) is 0 Å². The molecule has 0 bridgehead atoms. The van der Waals surface area contributed by atoms with Gasteiger partial charge in [0.2, 0.25) is 0 Å². The highest BCUT2D eigenvalue weighted by Gasteiger charge is 2.49. The number of carbonyl (C=O) groups is 1. The van der Waals surface area contributed by atoms with E-state index in [0.717, 1.165) is 25.3 Å². The molecule has 0 unspecified atom stereocenters. The van der Waals surface area contributed by atoms with Gasteiger partial charge in [-0.05, 0) is 42.0 Å². The lowest BCUT2D eigenvalue weighted by Crippen LogP contribution is -2.28. The summed E-state index contributed by atoms with van der Waals surface area (Å²) in [7, 11) is -4.78. The van der Waals surface area contributed by atoms with Gasteiger partial charge in [-0.3, -0.25) is 4.79 Å². The van der Waals surface area contributed by atoms with Gasteiger partial charge in [-0.2, -0.15) is 21.6 Å². The molecular weight excluding hydrogens is 380 g/mol. The normalized spacial score (nSPS) is 11.9. The smallest absolute Gasteiger partial charge is 0.493 e. The minimum absolute atomic E-state index is 0.187. The summed E-state index contributed by atoms with van der Waals surface area (Å²) in [4.78, 5) is 12.1. The van der Waals surface area contributed by atoms with Crippen molar-refractivity contribution in [1.82, 2.24) is 0 Å². The van der Waals surface area contributed by atoms with Crippen molar-refractivity contribution in [3.63, 3.8) is 0 Å². The first-order chi connectivity index (χ1) is 12.0. The van der Waals surface area contributed by atoms with Gasteiger partial charge >= 0.3 is 15.6 Å². The van der Waals surface area contributed by atoms with Crippen LogP contribution in [-0.2, 0) is 16.5 Å². The molecule has 26 heavy (non-hydrogen) atoms. The molecule has 0 heterocycles. The van der Waals surface area contributed by atoms with Crippen LogP contribution in [0.15, 0.2) is 42.5 Å². The average Bonchev–Trinajstić information content (AvgIpc) is 2.54. The number of halogens is 4. The fourth-order valence-electron chi connectivity index (χ4n) is 1.98. The number of Topliss-reactive ketones (excluding diaryl/α,β-unsaturated/α-hetero) is 1. The Hall–Kier alpha value is -2.62. The molecule has 0 radical (unpaired) electrons. The third-order valence-corrected chi connectivity index (χ3v) is 4.21. The van der Waals surface area contributed by atoms with Crippen molar-refractivity contribution in [2.75, 3.05) is 7.11 Å². The monoisotopic (exact) mass is 392 g/mol. The molecule has 0 aliphatic carbocycles. The highest BCUT2D eigenvalue weighted by molar-refractivity contribution is 7.88. The van der Waals surface area contributed by atoms with E-state index in [2.05, 4.69) is 4.18 Å². The largest absolute Gasteiger partial charge is 0.534 e. The Morgan fingerprint density at radius 3 is 2.19 bits per heavy atom. The maximum atomic E-state index is 12.9. The van der Waals surface area contributed by atoms with Crippen molar-refractivity contribution in [2.45, 2.75) is 11.9 Å². The Morgan fingerprint density at radius 1 is 1.04 bits per heavy atom. The zero-order valence-electron chi connectivity index (χ0n) is 13.2. The lowest BCUT2D eigenvalue weighted by molar-refractivity contribution is -0.0500. The van der Waals surface area contributed by atoms with Gasteiger partial charge in [0.05, 0.1) is 7.11 Å². The molecule has 10 heteroatoms. The lowest BCUT2D eigenvalue weighted by atomic mass is 10.0. The van der Waals surface area contributed by atoms with E-state index >= 15 is 0 Å². The van der Waals surface area contributed by atoms with Gasteiger partial charge < -0.3 is 8.92 Å². The first kappa shape index (κ1) is 19.7. The van der Waals surface area contributed by atoms with Crippen LogP contribution in [0.5, 0.6) is 11.5 Å². The fraction of sp³-hybridized carbons (Fsp3) is 0.188. The van der Waals surface area contributed by atoms with Crippen LogP contribution in [0.25, 0.3) is 0 Å². The molecule has 0 aromatic heterocycles. The van der Waals surface area contributed by atoms with E-state index in [1.165, 1.54) is 24.3 Å². The third kappa shape index (κ3) is 4.51. The summed E-state index contributed by atoms with van der Waals surface area (Å²) in [5, 5.41) is 0. The Kier molecular flexibility index (Phi) is 5.55. The topological polar surface area (TPSA) is 69.7 Å². The molecule has 0 aliphatic rings. The molecule has 2 aromatic carbocycles. The molecule has 0 fully saturated rings. The number of alkyl halides is 3. The number of ketones is 1. The Balaban J connectivity index is 2.29. The van der Waals surface area contributed by atoms with E-state index in [-0.39, 0.29) is 23.3 Å². The highest BCUT2D eigenvalue weighted by Crippen LogP contribution is 2.34. The fourth-order valence-corrected chi connectivity index (χ4v) is 2.45. The van der Waals surface area contributed by atoms with Crippen LogP contribution in [-0.4, -0.2) is 26.8 Å². The van der Waals surface area contributed by atoms with Crippen molar-refractivity contribution in [3.05, 3.63) is 59.4 Å². The summed E-state index contributed by atoms with van der Waals surface area (Å²) in [5.74, 6) is -1.93. The van der Waals surface area contributed by atoms with Crippen LogP contribution < -0.4 is 8.92 Å². The van der Waals surface area contributed by atoms with Gasteiger partial charge in [0, 0.05) is 12.0 Å². The number of hydrogen-bond donors (Lipinski definition) is 0. The van der Waals surface area contributed by atoms with Gasteiger partial charge in [0.1, 0.15) is 5.82 Å². The molecule has 0 amide bonds. The van der Waals surface area contributed by atoms with Crippen molar-refractivity contribution in [2.24, 2.45) is 0 Å². The third-order valence-electron chi connectivity index (χ3n) is 3.24. The maximum absolute atomic E-state index is 12.9. The SMILES string of the molecule is COc1ccc(CC(=O)c2ccc(F)cc2)cc1OS(=O)(=O)C(F)(F)F. The summed E-state index contributed by atoms with van der Waals surface area (Å²) in [6.45, 7) is 0. The summed E-state index contributed by atoms with van der Waals surface area (Å²) in [6.07, 6.45) is -0.266. The molecule has 2 aromatic rings. The van der Waals surface area contributed by atoms with E-state index in [0.29, 0.717) is 0 Å². The minimum atomic E-state index is -5.89. The quantitative estimate of drug-likeness (QED) is 0.326. The zero-order valence-corrected chi connectivity index (χ0v) is 14.0. The molecule has 0 saturated carbocycles. The predicted octanol–water partition coefficient (Wildman–Crippen LogP) is 3.49. The van der Waals surface area contributed by atoms with Crippen LogP contribution in [0, 0.1) is 5.82 Å². The van der Waals surface area contributed by atoms with Crippen LogP contribution in [0.2, 0.25) is 0 Å². The van der Waals surface area contributed by atoms with Crippen molar-refractivity contribution < 1.29 is 39.7 Å². The first-order valence-corrected chi connectivity index (χ1v) is 8.41. The number of rotatable bonds is 6. The molecular formula is C16H12F4O5S. The standard InChI is InChI=1S/C16H12F4O5S/c1-24-14-7-2-10(8-13(21)11-3-5-12(17)6-4-11)9-15(14)25-26(22,23)16(18,19)20/h2-7,9H,8H2,1H3. The molecule has 140 valence electrons. The zero-order chi connectivity index (χ0) is 19.5. The second-order valence-corrected chi connectivity index (χ2v) is 6.61. The first-order valence-electron chi connectivity index (χ1n) is 7.00. The van der Waals surface area contributed by atoms with Gasteiger partial charge in [-0.1, -0.05) is 6.07 Å². The molecule has 0 aliphatic heterocycles. The van der Waals surface area contributed by atoms with E-state index in [1.807, 2.05) is 0 Å². The average molecular weight is 392 g/mol. The molecule has 0 spiro atoms. The van der Waals surface area contributed by atoms with E-state index in [9.17, 15) is 30.8 Å². The minimum Gasteiger partial charge on any atom is -0.493 e. The van der Waals surface area contributed by atoms with Gasteiger partial charge in [-0.15, -0.1) is 0 Å². The summed E-state index contributed by atoms with van der Waals surface area (Å²) in [5.41, 5.74) is -5.24. The molecule has 5 nitrogen and oxygen atoms in total. The number of benzene rings is 2. The van der Waals surface area contributed by atoms with Gasteiger partial charge in [-0.25, -0.2) is 4.39 Å². The van der Waals surface area contributed by atoms with Crippen molar-refractivity contribution in [3.8, 4) is 11.5 Å². The number of hydrogen-bond acceptors (Lipinski definition) is 5. The van der Waals surface area contributed by atoms with E-state index in [4.69, 9.17) is 4.74 Å². The lowest BCUT2D eigenvalue weighted by Gasteiger charge is -2.13. The molecule has 0 atom stereocenters. The number of ether oxygens (including phenoxy) is 1. The van der Waals surface area contributed by atoms with Crippen LogP contribution in [0.1, 0.15) is 15.9 Å². The van der Waals surface area contributed by atoms with E-state index < -0.39 is 33.0 Å². The van der Waals surface area contributed by atoms with Crippen LogP contribution in [0.3, 0.4) is 0 Å². The number of methoxy groups -OCH3 is 1. The Bertz CT molecular complexity index is 905. The molecule has 0 saturated heterocycles. The van der Waals surface area contributed by atoms with Gasteiger partial charge in [0.15, 0.2) is 17.3 Å². The molecule has 2 rings (SSSR count). The second-order valence-electron chi connectivity index (χ2n) is 5.08. The van der Waals surface area contributed by atoms with Crippen molar-refractivity contribution >= 4 is 15.9 Å². The van der Waals surface area contributed by atoms with Crippen molar-refractivity contribution in [1.29, 1.82) is 0 Å². The van der Waals surface area contributed by atoms with E-state index in [1.54, 1.807) is 0 Å². The highest BCUT2D eigenvalue weighted by atomic mass is 32.2. The Morgan fingerprint density at radius 2 is 1.65 bits per heavy atom. The second kappa shape index (κ2) is 7.32. The predicted molar refractivity (Wildman–Crippen MR) is 83.0 cm³/mol.